The van der Waals surface area contributed by atoms with Crippen molar-refractivity contribution < 1.29 is 4.74 Å². The Kier molecular flexibility index (Phi) is 7.79. The molecular weight excluding hydrogens is 460 g/mol. The summed E-state index contributed by atoms with van der Waals surface area (Å²) in [6.07, 6.45) is 8.11. The Balaban J connectivity index is 1.29. The van der Waals surface area contributed by atoms with Gasteiger partial charge in [0.2, 0.25) is 5.95 Å². The molecular formula is C22H25ClN8OS. The van der Waals surface area contributed by atoms with Crippen LogP contribution in [0.15, 0.2) is 51.3 Å². The fourth-order valence-corrected chi connectivity index (χ4v) is 4.76. The van der Waals surface area contributed by atoms with Crippen LogP contribution >= 0.6 is 22.9 Å². The van der Waals surface area contributed by atoms with Gasteiger partial charge in [-0.2, -0.15) is 0 Å². The lowest BCUT2D eigenvalue weighted by Crippen LogP contribution is -2.34. The van der Waals surface area contributed by atoms with E-state index >= 15 is 0 Å². The summed E-state index contributed by atoms with van der Waals surface area (Å²) in [7, 11) is 0. The van der Waals surface area contributed by atoms with E-state index in [1.165, 1.54) is 6.34 Å². The number of aryl methyl sites for hydroxylation is 1. The Bertz CT molecular complexity index is 1110. The van der Waals surface area contributed by atoms with Crippen LogP contribution in [0.5, 0.6) is 5.75 Å². The number of aliphatic imine (C=N–C) groups is 1. The van der Waals surface area contributed by atoms with Crippen LogP contribution < -0.4 is 15.5 Å². The van der Waals surface area contributed by atoms with Crippen molar-refractivity contribution in [2.24, 2.45) is 21.2 Å². The zero-order valence-corrected chi connectivity index (χ0v) is 19.8. The first-order valence-electron chi connectivity index (χ1n) is 10.7. The highest BCUT2D eigenvalue weighted by Crippen LogP contribution is 2.33. The topological polar surface area (TPSA) is 114 Å². The lowest BCUT2D eigenvalue weighted by Gasteiger charge is -2.31. The molecule has 0 radical (unpaired) electrons. The van der Waals surface area contributed by atoms with E-state index in [4.69, 9.17) is 27.2 Å². The van der Waals surface area contributed by atoms with Crippen molar-refractivity contribution in [2.75, 3.05) is 18.0 Å². The first-order chi connectivity index (χ1) is 16.2. The van der Waals surface area contributed by atoms with E-state index in [0.717, 1.165) is 54.6 Å². The Morgan fingerprint density at radius 2 is 2.06 bits per heavy atom. The van der Waals surface area contributed by atoms with Gasteiger partial charge in [0.05, 0.1) is 21.4 Å². The van der Waals surface area contributed by atoms with Crippen molar-refractivity contribution >= 4 is 40.9 Å². The second kappa shape index (κ2) is 11.2. The predicted octanol–water partition coefficient (Wildman–Crippen LogP) is 5.10. The fraction of sp³-hybridized carbons (Fsp3) is 0.364. The molecule has 0 unspecified atom stereocenters. The molecule has 11 heteroatoms. The van der Waals surface area contributed by atoms with Gasteiger partial charge in [-0.25, -0.2) is 19.9 Å². The SMILES string of the molecule is CCc1cnc(N2CCC(c3nc(COc4ccc(N=CN=NN)cc4Cl)cs3)CC2)nc1. The van der Waals surface area contributed by atoms with E-state index in [2.05, 4.69) is 42.5 Å². The van der Waals surface area contributed by atoms with Gasteiger partial charge in [-0.1, -0.05) is 23.7 Å². The summed E-state index contributed by atoms with van der Waals surface area (Å²) in [5.74, 6) is 6.78. The van der Waals surface area contributed by atoms with E-state index in [1.54, 1.807) is 29.5 Å². The highest BCUT2D eigenvalue weighted by Gasteiger charge is 2.24. The molecule has 33 heavy (non-hydrogen) atoms. The predicted molar refractivity (Wildman–Crippen MR) is 131 cm³/mol. The largest absolute Gasteiger partial charge is 0.486 e. The van der Waals surface area contributed by atoms with Crippen molar-refractivity contribution in [3.05, 3.63) is 57.3 Å². The minimum atomic E-state index is 0.358. The number of ether oxygens (including phenoxy) is 1. The molecule has 0 atom stereocenters. The second-order valence-corrected chi connectivity index (χ2v) is 8.86. The molecule has 2 N–H and O–H groups in total. The molecule has 1 aliphatic rings. The monoisotopic (exact) mass is 484 g/mol. The molecule has 1 saturated heterocycles. The molecule has 0 spiro atoms. The number of aromatic nitrogens is 3. The van der Waals surface area contributed by atoms with Crippen LogP contribution in [0.4, 0.5) is 11.6 Å². The van der Waals surface area contributed by atoms with Crippen molar-refractivity contribution in [2.45, 2.75) is 38.7 Å². The molecule has 172 valence electrons. The Labute approximate surface area is 201 Å². The molecule has 0 amide bonds. The van der Waals surface area contributed by atoms with Gasteiger partial charge in [-0.15, -0.1) is 16.5 Å². The summed E-state index contributed by atoms with van der Waals surface area (Å²) in [5, 5.41) is 10.3. The number of halogens is 1. The average molecular weight is 485 g/mol. The van der Waals surface area contributed by atoms with Gasteiger partial charge in [0.25, 0.3) is 0 Å². The summed E-state index contributed by atoms with van der Waals surface area (Å²) in [6.45, 7) is 4.32. The van der Waals surface area contributed by atoms with Crippen molar-refractivity contribution in [3.8, 4) is 5.75 Å². The number of anilines is 1. The summed E-state index contributed by atoms with van der Waals surface area (Å²) in [6, 6.07) is 5.25. The number of piperidine rings is 1. The van der Waals surface area contributed by atoms with Crippen molar-refractivity contribution in [3.63, 3.8) is 0 Å². The molecule has 3 aromatic rings. The van der Waals surface area contributed by atoms with Crippen LogP contribution in [0.25, 0.3) is 0 Å². The van der Waals surface area contributed by atoms with Crippen LogP contribution in [0.1, 0.15) is 41.9 Å². The number of nitrogens with zero attached hydrogens (tertiary/aromatic N) is 7. The van der Waals surface area contributed by atoms with E-state index in [0.29, 0.717) is 29.0 Å². The lowest BCUT2D eigenvalue weighted by atomic mass is 9.98. The third-order valence-electron chi connectivity index (χ3n) is 5.41. The van der Waals surface area contributed by atoms with Crippen molar-refractivity contribution in [1.29, 1.82) is 0 Å². The first-order valence-corrected chi connectivity index (χ1v) is 12.0. The summed E-state index contributed by atoms with van der Waals surface area (Å²) >= 11 is 7.99. The Morgan fingerprint density at radius 1 is 1.27 bits per heavy atom. The van der Waals surface area contributed by atoms with Gasteiger partial charge >= 0.3 is 0 Å². The number of hydrogen-bond acceptors (Lipinski definition) is 8. The van der Waals surface area contributed by atoms with E-state index in [9.17, 15) is 0 Å². The number of hydrogen-bond donors (Lipinski definition) is 1. The summed E-state index contributed by atoms with van der Waals surface area (Å²) in [4.78, 5) is 20.2. The van der Waals surface area contributed by atoms with Gasteiger partial charge in [0, 0.05) is 36.8 Å². The number of nitrogens with two attached hydrogens (primary N) is 1. The number of rotatable bonds is 8. The van der Waals surface area contributed by atoms with Gasteiger partial charge in [-0.3, -0.25) is 0 Å². The molecule has 0 bridgehead atoms. The Morgan fingerprint density at radius 3 is 2.76 bits per heavy atom. The zero-order valence-electron chi connectivity index (χ0n) is 18.3. The summed E-state index contributed by atoms with van der Waals surface area (Å²) < 4.78 is 5.87. The maximum absolute atomic E-state index is 6.31. The zero-order chi connectivity index (χ0) is 23.0. The minimum absolute atomic E-state index is 0.358. The highest BCUT2D eigenvalue weighted by atomic mass is 35.5. The highest BCUT2D eigenvalue weighted by molar-refractivity contribution is 7.09. The van der Waals surface area contributed by atoms with Crippen LogP contribution in [0.2, 0.25) is 5.02 Å². The molecule has 1 aromatic carbocycles. The maximum atomic E-state index is 6.31. The normalized spacial score (nSPS) is 15.0. The third-order valence-corrected chi connectivity index (χ3v) is 6.76. The van der Waals surface area contributed by atoms with Gasteiger partial charge in [0.1, 0.15) is 18.7 Å². The lowest BCUT2D eigenvalue weighted by molar-refractivity contribution is 0.302. The van der Waals surface area contributed by atoms with Crippen LogP contribution in [0.3, 0.4) is 0 Å². The average Bonchev–Trinajstić information content (AvgIpc) is 3.33. The number of thiazole rings is 1. The number of benzene rings is 1. The molecule has 3 heterocycles. The first kappa shape index (κ1) is 23.1. The molecule has 0 saturated carbocycles. The van der Waals surface area contributed by atoms with E-state index in [1.807, 2.05) is 12.4 Å². The van der Waals surface area contributed by atoms with Crippen LogP contribution in [0, 0.1) is 0 Å². The van der Waals surface area contributed by atoms with Gasteiger partial charge in [-0.05, 0) is 43.0 Å². The van der Waals surface area contributed by atoms with Crippen LogP contribution in [-0.4, -0.2) is 34.4 Å². The molecule has 0 aliphatic carbocycles. The minimum Gasteiger partial charge on any atom is -0.486 e. The van der Waals surface area contributed by atoms with Crippen LogP contribution in [-0.2, 0) is 13.0 Å². The van der Waals surface area contributed by atoms with Gasteiger partial charge in [0.15, 0.2) is 0 Å². The van der Waals surface area contributed by atoms with E-state index in [-0.39, 0.29) is 0 Å². The standard InChI is InChI=1S/C22H25ClN8OS/c1-2-15-10-25-22(26-11-15)31-7-5-16(6-8-31)21-29-18(13-33-21)12-32-20-4-3-17(9-19(20)23)27-14-28-30-24/h3-4,9-11,13-14,16H,2,5-8,12H2,1H3,(H2,24,27,28). The molecule has 1 fully saturated rings. The molecule has 4 rings (SSSR count). The maximum Gasteiger partial charge on any atom is 0.225 e. The molecule has 9 nitrogen and oxygen atoms in total. The van der Waals surface area contributed by atoms with Gasteiger partial charge < -0.3 is 15.5 Å². The molecule has 2 aromatic heterocycles. The van der Waals surface area contributed by atoms with Crippen molar-refractivity contribution in [1.82, 2.24) is 15.0 Å². The quantitative estimate of drug-likeness (QED) is 0.156. The fourth-order valence-electron chi connectivity index (χ4n) is 3.56. The third kappa shape index (κ3) is 6.02. The smallest absolute Gasteiger partial charge is 0.225 e. The van der Waals surface area contributed by atoms with E-state index < -0.39 is 0 Å². The Hall–Kier alpha value is -3.11. The summed E-state index contributed by atoms with van der Waals surface area (Å²) in [5.41, 5.74) is 2.69. The second-order valence-electron chi connectivity index (χ2n) is 7.56. The molecule has 1 aliphatic heterocycles.